The van der Waals surface area contributed by atoms with Crippen molar-refractivity contribution >= 4 is 63.6 Å². The van der Waals surface area contributed by atoms with Gasteiger partial charge >= 0.3 is 0 Å². The summed E-state index contributed by atoms with van der Waals surface area (Å²) in [6.07, 6.45) is 0. The van der Waals surface area contributed by atoms with E-state index in [0.29, 0.717) is 0 Å². The van der Waals surface area contributed by atoms with Crippen molar-refractivity contribution in [1.82, 2.24) is 4.98 Å². The quantitative estimate of drug-likeness (QED) is 0.456. The summed E-state index contributed by atoms with van der Waals surface area (Å²) >= 11 is 0. The van der Waals surface area contributed by atoms with E-state index < -0.39 is 9.52 Å². The summed E-state index contributed by atoms with van der Waals surface area (Å²) in [4.78, 5) is 3.59. The summed E-state index contributed by atoms with van der Waals surface area (Å²) in [6, 6.07) is 30.3. The first-order valence-electron chi connectivity index (χ1n) is 9.25. The molecular formula is C24H17NOSi. The standard InChI is InChI=1S/C24H17NOSi/c1-2-6-15(7-3-1)27-16-10-11-21-18(12-16)19-14-24-20(13-22(19)25-21)17-8-4-5-9-23(17)26-24/h1-14,25H,27H2. The van der Waals surface area contributed by atoms with Gasteiger partial charge in [-0.05, 0) is 24.3 Å². The van der Waals surface area contributed by atoms with Crippen molar-refractivity contribution in [2.45, 2.75) is 0 Å². The summed E-state index contributed by atoms with van der Waals surface area (Å²) in [5, 5.41) is 7.79. The monoisotopic (exact) mass is 363 g/mol. The fourth-order valence-electron chi connectivity index (χ4n) is 4.11. The smallest absolute Gasteiger partial charge is 0.136 e. The third kappa shape index (κ3) is 2.32. The van der Waals surface area contributed by atoms with E-state index in [9.17, 15) is 0 Å². The molecule has 0 saturated carbocycles. The van der Waals surface area contributed by atoms with Gasteiger partial charge in [0.05, 0.1) is 9.52 Å². The Labute approximate surface area is 158 Å². The van der Waals surface area contributed by atoms with Gasteiger partial charge in [-0.3, -0.25) is 0 Å². The van der Waals surface area contributed by atoms with Crippen LogP contribution < -0.4 is 10.4 Å². The number of para-hydroxylation sites is 1. The Morgan fingerprint density at radius 1 is 0.556 bits per heavy atom. The summed E-state index contributed by atoms with van der Waals surface area (Å²) in [6.45, 7) is 0. The predicted molar refractivity (Wildman–Crippen MR) is 117 cm³/mol. The SMILES string of the molecule is c1ccc([SiH2]c2ccc3[nH]c4cc5c(cc4c3c2)oc2ccccc25)cc1. The average Bonchev–Trinajstić information content (AvgIpc) is 3.24. The van der Waals surface area contributed by atoms with Crippen LogP contribution in [0.5, 0.6) is 0 Å². The van der Waals surface area contributed by atoms with Gasteiger partial charge in [0.15, 0.2) is 0 Å². The minimum absolute atomic E-state index is 0.465. The van der Waals surface area contributed by atoms with Gasteiger partial charge in [0.1, 0.15) is 11.2 Å². The fourth-order valence-corrected chi connectivity index (χ4v) is 5.63. The average molecular weight is 363 g/mol. The molecule has 0 aliphatic rings. The Kier molecular flexibility index (Phi) is 3.07. The molecule has 0 saturated heterocycles. The number of aromatic nitrogens is 1. The second-order valence-corrected chi connectivity index (χ2v) is 9.15. The van der Waals surface area contributed by atoms with Crippen LogP contribution in [0.4, 0.5) is 0 Å². The van der Waals surface area contributed by atoms with Crippen molar-refractivity contribution in [2.24, 2.45) is 0 Å². The lowest BCUT2D eigenvalue weighted by atomic mass is 10.1. The molecule has 0 aliphatic carbocycles. The maximum atomic E-state index is 6.10. The third-order valence-electron chi connectivity index (χ3n) is 5.41. The molecule has 2 aromatic heterocycles. The zero-order valence-electron chi connectivity index (χ0n) is 14.7. The van der Waals surface area contributed by atoms with Gasteiger partial charge in [0, 0.05) is 32.6 Å². The van der Waals surface area contributed by atoms with E-state index in [1.807, 2.05) is 12.1 Å². The lowest BCUT2D eigenvalue weighted by molar-refractivity contribution is 0.669. The largest absolute Gasteiger partial charge is 0.456 e. The molecule has 0 atom stereocenters. The Morgan fingerprint density at radius 2 is 1.37 bits per heavy atom. The summed E-state index contributed by atoms with van der Waals surface area (Å²) in [5.74, 6) is 0. The Hall–Kier alpha value is -3.30. The summed E-state index contributed by atoms with van der Waals surface area (Å²) in [5.41, 5.74) is 4.26. The second kappa shape index (κ2) is 5.60. The van der Waals surface area contributed by atoms with Crippen LogP contribution in [0.3, 0.4) is 0 Å². The molecular weight excluding hydrogens is 346 g/mol. The molecule has 6 rings (SSSR count). The van der Waals surface area contributed by atoms with Gasteiger partial charge in [-0.1, -0.05) is 71.0 Å². The highest BCUT2D eigenvalue weighted by molar-refractivity contribution is 6.67. The first-order chi connectivity index (χ1) is 13.3. The molecule has 0 aliphatic heterocycles. The number of nitrogens with one attached hydrogen (secondary N) is 1. The van der Waals surface area contributed by atoms with Crippen molar-refractivity contribution in [3.63, 3.8) is 0 Å². The molecule has 2 heterocycles. The van der Waals surface area contributed by atoms with Gasteiger partial charge in [-0.2, -0.15) is 0 Å². The number of aromatic amines is 1. The third-order valence-corrected chi connectivity index (χ3v) is 7.14. The molecule has 128 valence electrons. The number of furan rings is 1. The van der Waals surface area contributed by atoms with Crippen molar-refractivity contribution in [2.75, 3.05) is 0 Å². The van der Waals surface area contributed by atoms with Crippen molar-refractivity contribution in [3.8, 4) is 0 Å². The number of fused-ring (bicyclic) bond motifs is 6. The van der Waals surface area contributed by atoms with E-state index in [0.717, 1.165) is 11.2 Å². The van der Waals surface area contributed by atoms with E-state index in [4.69, 9.17) is 4.42 Å². The van der Waals surface area contributed by atoms with Crippen LogP contribution in [-0.2, 0) is 0 Å². The molecule has 1 N–H and O–H groups in total. The van der Waals surface area contributed by atoms with Crippen LogP contribution in [-0.4, -0.2) is 14.5 Å². The number of hydrogen-bond acceptors (Lipinski definition) is 1. The van der Waals surface area contributed by atoms with Crippen LogP contribution >= 0.6 is 0 Å². The van der Waals surface area contributed by atoms with Gasteiger partial charge in [-0.25, -0.2) is 0 Å². The van der Waals surface area contributed by atoms with Crippen molar-refractivity contribution in [1.29, 1.82) is 0 Å². The predicted octanol–water partition coefficient (Wildman–Crippen LogP) is 4.34. The van der Waals surface area contributed by atoms with E-state index in [2.05, 4.69) is 77.8 Å². The summed E-state index contributed by atoms with van der Waals surface area (Å²) in [7, 11) is -0.465. The zero-order valence-corrected chi connectivity index (χ0v) is 16.1. The highest BCUT2D eigenvalue weighted by Crippen LogP contribution is 2.34. The topological polar surface area (TPSA) is 28.9 Å². The zero-order chi connectivity index (χ0) is 17.8. The number of benzene rings is 4. The van der Waals surface area contributed by atoms with Crippen molar-refractivity contribution in [3.05, 3.63) is 84.9 Å². The van der Waals surface area contributed by atoms with Crippen LogP contribution in [0.2, 0.25) is 0 Å². The second-order valence-electron chi connectivity index (χ2n) is 7.16. The van der Waals surface area contributed by atoms with Gasteiger partial charge in [0.2, 0.25) is 0 Å². The first kappa shape index (κ1) is 14.8. The van der Waals surface area contributed by atoms with E-state index >= 15 is 0 Å². The highest BCUT2D eigenvalue weighted by Gasteiger charge is 2.12. The molecule has 0 fully saturated rings. The first-order valence-corrected chi connectivity index (χ1v) is 10.7. The van der Waals surface area contributed by atoms with Crippen molar-refractivity contribution < 1.29 is 4.42 Å². The molecule has 0 amide bonds. The minimum atomic E-state index is -0.465. The molecule has 27 heavy (non-hydrogen) atoms. The van der Waals surface area contributed by atoms with Crippen LogP contribution in [0, 0.1) is 0 Å². The van der Waals surface area contributed by atoms with E-state index in [1.165, 1.54) is 43.0 Å². The molecule has 2 nitrogen and oxygen atoms in total. The molecule has 6 aromatic rings. The van der Waals surface area contributed by atoms with E-state index in [1.54, 1.807) is 0 Å². The molecule has 0 spiro atoms. The molecule has 3 heteroatoms. The number of H-pyrrole nitrogens is 1. The normalized spacial score (nSPS) is 12.3. The minimum Gasteiger partial charge on any atom is -0.456 e. The lowest BCUT2D eigenvalue weighted by Crippen LogP contribution is -2.26. The maximum Gasteiger partial charge on any atom is 0.136 e. The van der Waals surface area contributed by atoms with E-state index in [-0.39, 0.29) is 0 Å². The van der Waals surface area contributed by atoms with Crippen LogP contribution in [0.1, 0.15) is 0 Å². The lowest BCUT2D eigenvalue weighted by Gasteiger charge is -2.01. The summed E-state index contributed by atoms with van der Waals surface area (Å²) < 4.78 is 6.10. The van der Waals surface area contributed by atoms with Gasteiger partial charge in [-0.15, -0.1) is 0 Å². The Bertz CT molecular complexity index is 1440. The Balaban J connectivity index is 1.57. The van der Waals surface area contributed by atoms with Gasteiger partial charge < -0.3 is 9.40 Å². The molecule has 0 bridgehead atoms. The Morgan fingerprint density at radius 3 is 2.30 bits per heavy atom. The van der Waals surface area contributed by atoms with Gasteiger partial charge in [0.25, 0.3) is 0 Å². The van der Waals surface area contributed by atoms with Crippen LogP contribution in [0.25, 0.3) is 43.7 Å². The number of hydrogen-bond donors (Lipinski definition) is 1. The maximum absolute atomic E-state index is 6.10. The molecule has 0 radical (unpaired) electrons. The number of rotatable bonds is 2. The van der Waals surface area contributed by atoms with Crippen LogP contribution in [0.15, 0.2) is 89.3 Å². The molecule has 0 unspecified atom stereocenters. The highest BCUT2D eigenvalue weighted by atomic mass is 28.2. The molecule has 4 aromatic carbocycles. The fraction of sp³-hybridized carbons (Fsp3) is 0.